The first-order chi connectivity index (χ1) is 11.9. The maximum atomic E-state index is 11.1. The van der Waals surface area contributed by atoms with Crippen LogP contribution in [0.25, 0.3) is 0 Å². The molecule has 0 radical (unpaired) electrons. The van der Waals surface area contributed by atoms with E-state index in [0.29, 0.717) is 5.11 Å². The van der Waals surface area contributed by atoms with E-state index in [1.54, 1.807) is 12.1 Å². The van der Waals surface area contributed by atoms with Gasteiger partial charge < -0.3 is 20.6 Å². The molecule has 25 heavy (non-hydrogen) atoms. The molecule has 2 aromatic rings. The van der Waals surface area contributed by atoms with Crippen molar-refractivity contribution in [1.82, 2.24) is 4.90 Å². The molecule has 0 saturated heterocycles. The Morgan fingerprint density at radius 1 is 1.16 bits per heavy atom. The maximum Gasteiger partial charge on any atom is 0.221 e. The molecular formula is C19H23N3O2S. The van der Waals surface area contributed by atoms with Crippen molar-refractivity contribution in [1.29, 1.82) is 0 Å². The van der Waals surface area contributed by atoms with Crippen LogP contribution in [0.5, 0.6) is 5.75 Å². The molecule has 0 unspecified atom stereocenters. The monoisotopic (exact) mass is 357 g/mol. The fourth-order valence-electron chi connectivity index (χ4n) is 2.59. The van der Waals surface area contributed by atoms with Gasteiger partial charge in [0.05, 0.1) is 6.04 Å². The second kappa shape index (κ2) is 8.48. The summed E-state index contributed by atoms with van der Waals surface area (Å²) in [6.45, 7) is 6.29. The van der Waals surface area contributed by atoms with Gasteiger partial charge in [0.25, 0.3) is 0 Å². The fourth-order valence-corrected chi connectivity index (χ4v) is 3.00. The number of rotatable bonds is 5. The smallest absolute Gasteiger partial charge is 0.221 e. The van der Waals surface area contributed by atoms with Crippen LogP contribution >= 0.6 is 12.2 Å². The highest BCUT2D eigenvalue weighted by Crippen LogP contribution is 2.24. The van der Waals surface area contributed by atoms with Crippen LogP contribution in [0.1, 0.15) is 32.4 Å². The van der Waals surface area contributed by atoms with E-state index in [1.165, 1.54) is 6.92 Å². The predicted molar refractivity (Wildman–Crippen MR) is 106 cm³/mol. The number of hydrogen-bond acceptors (Lipinski definition) is 3. The van der Waals surface area contributed by atoms with Crippen LogP contribution < -0.4 is 10.6 Å². The highest BCUT2D eigenvalue weighted by molar-refractivity contribution is 7.80. The van der Waals surface area contributed by atoms with Crippen molar-refractivity contribution in [2.45, 2.75) is 26.8 Å². The number of aromatic hydroxyl groups is 1. The number of nitrogens with one attached hydrogen (secondary N) is 2. The summed E-state index contributed by atoms with van der Waals surface area (Å²) in [5, 5.41) is 16.2. The largest absolute Gasteiger partial charge is 0.508 e. The minimum Gasteiger partial charge on any atom is -0.508 e. The summed E-state index contributed by atoms with van der Waals surface area (Å²) in [4.78, 5) is 13.1. The first-order valence-corrected chi connectivity index (χ1v) is 8.55. The van der Waals surface area contributed by atoms with Crippen LogP contribution in [0.4, 0.5) is 11.4 Å². The summed E-state index contributed by atoms with van der Waals surface area (Å²) in [5.41, 5.74) is 2.58. The molecule has 0 saturated carbocycles. The Hall–Kier alpha value is -2.60. The van der Waals surface area contributed by atoms with Crippen LogP contribution in [0.3, 0.4) is 0 Å². The van der Waals surface area contributed by atoms with E-state index in [4.69, 9.17) is 12.2 Å². The number of phenolic OH excluding ortho intramolecular Hbond substituents is 1. The van der Waals surface area contributed by atoms with Gasteiger partial charge in [0.15, 0.2) is 5.11 Å². The van der Waals surface area contributed by atoms with E-state index in [9.17, 15) is 9.90 Å². The Labute approximate surface area is 153 Å². The summed E-state index contributed by atoms with van der Waals surface area (Å²) in [6.07, 6.45) is 0. The van der Waals surface area contributed by atoms with Gasteiger partial charge in [-0.25, -0.2) is 0 Å². The molecule has 132 valence electrons. The molecule has 0 spiro atoms. The van der Waals surface area contributed by atoms with Gasteiger partial charge in [-0.15, -0.1) is 0 Å². The van der Waals surface area contributed by atoms with Crippen LogP contribution in [0.15, 0.2) is 48.5 Å². The molecule has 2 rings (SSSR count). The molecular weight excluding hydrogens is 334 g/mol. The number of amides is 1. The molecule has 0 aliphatic rings. The van der Waals surface area contributed by atoms with Crippen LogP contribution in [0, 0.1) is 0 Å². The van der Waals surface area contributed by atoms with Gasteiger partial charge in [-0.1, -0.05) is 12.1 Å². The Kier molecular flexibility index (Phi) is 6.36. The molecule has 0 aromatic heterocycles. The first kappa shape index (κ1) is 18.7. The topological polar surface area (TPSA) is 64.6 Å². The molecule has 0 aliphatic heterocycles. The highest BCUT2D eigenvalue weighted by atomic mass is 32.1. The van der Waals surface area contributed by atoms with E-state index >= 15 is 0 Å². The molecule has 1 amide bonds. The van der Waals surface area contributed by atoms with Gasteiger partial charge in [0.2, 0.25) is 5.91 Å². The zero-order chi connectivity index (χ0) is 18.4. The molecule has 0 aliphatic carbocycles. The second-order valence-corrected chi connectivity index (χ2v) is 6.13. The normalized spacial score (nSPS) is 11.5. The molecule has 0 bridgehead atoms. The molecule has 5 nitrogen and oxygen atoms in total. The van der Waals surface area contributed by atoms with E-state index in [1.807, 2.05) is 55.1 Å². The third kappa shape index (κ3) is 5.19. The highest BCUT2D eigenvalue weighted by Gasteiger charge is 2.17. The van der Waals surface area contributed by atoms with Gasteiger partial charge in [0.1, 0.15) is 5.75 Å². The second-order valence-electron chi connectivity index (χ2n) is 5.75. The lowest BCUT2D eigenvalue weighted by Crippen LogP contribution is -2.36. The van der Waals surface area contributed by atoms with Crippen molar-refractivity contribution in [3.63, 3.8) is 0 Å². The van der Waals surface area contributed by atoms with Crippen LogP contribution in [-0.2, 0) is 4.79 Å². The summed E-state index contributed by atoms with van der Waals surface area (Å²) in [5.74, 6) is 0.140. The molecule has 0 heterocycles. The summed E-state index contributed by atoms with van der Waals surface area (Å²) in [7, 11) is 0. The molecule has 0 fully saturated rings. The van der Waals surface area contributed by atoms with Crippen molar-refractivity contribution < 1.29 is 9.90 Å². The number of carbonyl (C=O) groups excluding carboxylic acids is 1. The standard InChI is InChI=1S/C19H23N3O2S/c1-4-22(13(2)15-6-5-7-18(24)12-15)19(25)21-17-10-8-16(9-11-17)20-14(3)23/h5-13,24H,4H2,1-3H3,(H,20,23)(H,21,25)/t13-/m0/s1. The van der Waals surface area contributed by atoms with Gasteiger partial charge in [-0.05, 0) is 68.0 Å². The third-order valence-electron chi connectivity index (χ3n) is 3.88. The van der Waals surface area contributed by atoms with E-state index < -0.39 is 0 Å². The number of hydrogen-bond donors (Lipinski definition) is 3. The number of nitrogens with zero attached hydrogens (tertiary/aromatic N) is 1. The average Bonchev–Trinajstić information content (AvgIpc) is 2.56. The molecule has 6 heteroatoms. The maximum absolute atomic E-state index is 11.1. The SMILES string of the molecule is CCN(C(=S)Nc1ccc(NC(C)=O)cc1)[C@@H](C)c1cccc(O)c1. The number of phenols is 1. The number of benzene rings is 2. The predicted octanol–water partition coefficient (Wildman–Crippen LogP) is 4.13. The van der Waals surface area contributed by atoms with Crippen molar-refractivity contribution >= 4 is 34.6 Å². The molecule has 1 atom stereocenters. The van der Waals surface area contributed by atoms with Gasteiger partial charge in [-0.3, -0.25) is 4.79 Å². The zero-order valence-electron chi connectivity index (χ0n) is 14.6. The van der Waals surface area contributed by atoms with Crippen molar-refractivity contribution in [3.8, 4) is 5.75 Å². The zero-order valence-corrected chi connectivity index (χ0v) is 15.4. The van der Waals surface area contributed by atoms with Crippen molar-refractivity contribution in [3.05, 3.63) is 54.1 Å². The Balaban J connectivity index is 2.07. The summed E-state index contributed by atoms with van der Waals surface area (Å²) in [6, 6.07) is 14.6. The number of carbonyl (C=O) groups is 1. The minimum atomic E-state index is -0.103. The summed E-state index contributed by atoms with van der Waals surface area (Å²) < 4.78 is 0. The van der Waals surface area contributed by atoms with E-state index in [0.717, 1.165) is 23.5 Å². The first-order valence-electron chi connectivity index (χ1n) is 8.15. The molecule has 3 N–H and O–H groups in total. The quantitative estimate of drug-likeness (QED) is 0.702. The van der Waals surface area contributed by atoms with Crippen molar-refractivity contribution in [2.75, 3.05) is 17.2 Å². The Morgan fingerprint density at radius 3 is 2.28 bits per heavy atom. The van der Waals surface area contributed by atoms with Crippen LogP contribution in [0.2, 0.25) is 0 Å². The average molecular weight is 357 g/mol. The Bertz CT molecular complexity index is 747. The lowest BCUT2D eigenvalue weighted by Gasteiger charge is -2.31. The van der Waals surface area contributed by atoms with Gasteiger partial charge in [0, 0.05) is 24.8 Å². The van der Waals surface area contributed by atoms with Crippen molar-refractivity contribution in [2.24, 2.45) is 0 Å². The third-order valence-corrected chi connectivity index (χ3v) is 4.21. The Morgan fingerprint density at radius 2 is 1.76 bits per heavy atom. The molecule has 2 aromatic carbocycles. The lowest BCUT2D eigenvalue weighted by atomic mass is 10.1. The van der Waals surface area contributed by atoms with E-state index in [2.05, 4.69) is 10.6 Å². The van der Waals surface area contributed by atoms with Crippen LogP contribution in [-0.4, -0.2) is 27.6 Å². The number of anilines is 2. The lowest BCUT2D eigenvalue weighted by molar-refractivity contribution is -0.114. The van der Waals surface area contributed by atoms with Gasteiger partial charge in [-0.2, -0.15) is 0 Å². The van der Waals surface area contributed by atoms with Gasteiger partial charge >= 0.3 is 0 Å². The minimum absolute atomic E-state index is 0.0238. The number of thiocarbonyl (C=S) groups is 1. The fraction of sp³-hybridized carbons (Fsp3) is 0.263. The van der Waals surface area contributed by atoms with E-state index in [-0.39, 0.29) is 17.7 Å². The summed E-state index contributed by atoms with van der Waals surface area (Å²) >= 11 is 5.55.